The number of nitrogens with one attached hydrogen (secondary N) is 1. The Bertz CT molecular complexity index is 1210. The number of carboxylic acid groups (broad SMARTS) is 1. The lowest BCUT2D eigenvalue weighted by Crippen LogP contribution is -2.45. The highest BCUT2D eigenvalue weighted by Gasteiger charge is 2.40. The fourth-order valence-corrected chi connectivity index (χ4v) is 5.18. The summed E-state index contributed by atoms with van der Waals surface area (Å²) in [7, 11) is 1.64. The van der Waals surface area contributed by atoms with Crippen LogP contribution in [0.4, 0.5) is 14.5 Å². The van der Waals surface area contributed by atoms with Gasteiger partial charge in [-0.05, 0) is 93.6 Å². The molecule has 0 aliphatic carbocycles. The van der Waals surface area contributed by atoms with Crippen LogP contribution in [0.5, 0.6) is 5.75 Å². The van der Waals surface area contributed by atoms with Crippen LogP contribution in [0.2, 0.25) is 0 Å². The Kier molecular flexibility index (Phi) is 8.04. The lowest BCUT2D eigenvalue weighted by molar-refractivity contribution is -0.152. The number of carboxylic acids is 1. The first-order valence-electron chi connectivity index (χ1n) is 12.4. The Morgan fingerprint density at radius 2 is 1.89 bits per heavy atom. The number of aryl methyl sites for hydroxylation is 2. The molecule has 2 heterocycles. The molecule has 0 saturated carbocycles. The number of piperidine rings is 1. The number of ether oxygens (including phenoxy) is 1. The van der Waals surface area contributed by atoms with E-state index in [0.717, 1.165) is 41.1 Å². The Labute approximate surface area is 210 Å². The molecular formula is C28H33F2N3O3. The lowest BCUT2D eigenvalue weighted by Gasteiger charge is -2.39. The summed E-state index contributed by atoms with van der Waals surface area (Å²) in [6.07, 6.45) is 5.22. The minimum absolute atomic E-state index is 0.404. The molecule has 2 aromatic carbocycles. The van der Waals surface area contributed by atoms with E-state index >= 15 is 0 Å². The molecule has 1 fully saturated rings. The zero-order valence-corrected chi connectivity index (χ0v) is 20.8. The van der Waals surface area contributed by atoms with Crippen LogP contribution in [0.1, 0.15) is 36.8 Å². The number of carbonyl (C=O) groups is 1. The molecule has 8 heteroatoms. The van der Waals surface area contributed by atoms with Crippen LogP contribution in [0, 0.1) is 24.0 Å². The lowest BCUT2D eigenvalue weighted by atomic mass is 9.74. The van der Waals surface area contributed by atoms with Crippen LogP contribution in [-0.2, 0) is 11.2 Å². The van der Waals surface area contributed by atoms with Crippen LogP contribution in [0.15, 0.2) is 42.6 Å². The zero-order chi connectivity index (χ0) is 25.7. The first kappa shape index (κ1) is 25.8. The van der Waals surface area contributed by atoms with Crippen molar-refractivity contribution in [3.8, 4) is 5.75 Å². The van der Waals surface area contributed by atoms with Gasteiger partial charge in [-0.2, -0.15) is 0 Å². The number of nitrogens with zero attached hydrogens (tertiary/aromatic N) is 2. The zero-order valence-electron chi connectivity index (χ0n) is 20.8. The van der Waals surface area contributed by atoms with E-state index in [2.05, 4.69) is 15.2 Å². The van der Waals surface area contributed by atoms with E-state index in [1.54, 1.807) is 7.11 Å². The number of aromatic nitrogens is 1. The fraction of sp³-hybridized carbons (Fsp3) is 0.429. The first-order chi connectivity index (χ1) is 17.3. The second kappa shape index (κ2) is 11.2. The summed E-state index contributed by atoms with van der Waals surface area (Å²) in [5.74, 6) is -1.18. The minimum Gasteiger partial charge on any atom is -0.497 e. The second-order valence-electron chi connectivity index (χ2n) is 9.67. The van der Waals surface area contributed by atoms with Crippen LogP contribution < -0.4 is 10.1 Å². The number of aliphatic carboxylic acids is 1. The van der Waals surface area contributed by atoms with Gasteiger partial charge in [-0.15, -0.1) is 0 Å². The van der Waals surface area contributed by atoms with Gasteiger partial charge in [0.1, 0.15) is 17.4 Å². The number of halogens is 2. The van der Waals surface area contributed by atoms with E-state index in [1.807, 2.05) is 31.3 Å². The number of pyridine rings is 1. The fourth-order valence-electron chi connectivity index (χ4n) is 5.18. The van der Waals surface area contributed by atoms with Crippen molar-refractivity contribution in [3.63, 3.8) is 0 Å². The maximum atomic E-state index is 13.4. The summed E-state index contributed by atoms with van der Waals surface area (Å²) < 4.78 is 32.1. The number of hydrogen-bond acceptors (Lipinski definition) is 5. The van der Waals surface area contributed by atoms with Crippen molar-refractivity contribution in [2.24, 2.45) is 5.41 Å². The van der Waals surface area contributed by atoms with Crippen LogP contribution in [0.25, 0.3) is 10.9 Å². The van der Waals surface area contributed by atoms with Crippen molar-refractivity contribution in [2.75, 3.05) is 38.6 Å². The molecule has 0 radical (unpaired) electrons. The van der Waals surface area contributed by atoms with Gasteiger partial charge >= 0.3 is 5.97 Å². The van der Waals surface area contributed by atoms with Crippen molar-refractivity contribution < 1.29 is 23.4 Å². The van der Waals surface area contributed by atoms with E-state index in [0.29, 0.717) is 51.1 Å². The van der Waals surface area contributed by atoms with Crippen molar-refractivity contribution >= 4 is 22.6 Å². The molecule has 0 spiro atoms. The number of rotatable bonds is 10. The molecule has 1 saturated heterocycles. The highest BCUT2D eigenvalue weighted by Crippen LogP contribution is 2.37. The number of likely N-dealkylation sites (tertiary alicyclic amines) is 1. The van der Waals surface area contributed by atoms with E-state index in [9.17, 15) is 18.7 Å². The third-order valence-electron chi connectivity index (χ3n) is 7.37. The highest BCUT2D eigenvalue weighted by molar-refractivity contribution is 5.84. The van der Waals surface area contributed by atoms with Gasteiger partial charge in [0, 0.05) is 36.4 Å². The van der Waals surface area contributed by atoms with Crippen molar-refractivity contribution in [1.29, 1.82) is 0 Å². The number of fused-ring (bicyclic) bond motifs is 1. The molecule has 0 unspecified atom stereocenters. The topological polar surface area (TPSA) is 74.7 Å². The summed E-state index contributed by atoms with van der Waals surface area (Å²) in [6, 6.07) is 9.22. The van der Waals surface area contributed by atoms with Gasteiger partial charge in [0.2, 0.25) is 0 Å². The molecule has 0 atom stereocenters. The van der Waals surface area contributed by atoms with Gasteiger partial charge in [0.15, 0.2) is 0 Å². The molecule has 4 rings (SSSR count). The van der Waals surface area contributed by atoms with E-state index < -0.39 is 23.0 Å². The van der Waals surface area contributed by atoms with E-state index in [4.69, 9.17) is 4.74 Å². The summed E-state index contributed by atoms with van der Waals surface area (Å²) in [5, 5.41) is 14.2. The molecule has 0 bridgehead atoms. The normalized spacial score (nSPS) is 15.7. The standard InChI is InChI=1S/C28H33F2N3O3/c1-19-18-32-26-6-5-23(36-2)17-25(26)24(19)4-3-7-28(27(34)35)8-11-33(12-9-28)13-10-31-22-15-20(29)14-21(30)16-22/h5-6,14-18,31H,3-4,7-13H2,1-2H3,(H,34,35). The van der Waals surface area contributed by atoms with Crippen LogP contribution >= 0.6 is 0 Å². The molecule has 0 amide bonds. The van der Waals surface area contributed by atoms with Gasteiger partial charge in [-0.3, -0.25) is 9.78 Å². The Morgan fingerprint density at radius 1 is 1.17 bits per heavy atom. The summed E-state index contributed by atoms with van der Waals surface area (Å²) in [6.45, 7) is 4.61. The molecule has 36 heavy (non-hydrogen) atoms. The molecule has 1 aliphatic heterocycles. The second-order valence-corrected chi connectivity index (χ2v) is 9.67. The van der Waals surface area contributed by atoms with E-state index in [-0.39, 0.29) is 0 Å². The minimum atomic E-state index is -0.732. The average Bonchev–Trinajstić information content (AvgIpc) is 2.85. The Balaban J connectivity index is 1.33. The molecule has 1 aliphatic rings. The third-order valence-corrected chi connectivity index (χ3v) is 7.37. The molecule has 6 nitrogen and oxygen atoms in total. The summed E-state index contributed by atoms with van der Waals surface area (Å²) in [5.41, 5.74) is 2.87. The summed E-state index contributed by atoms with van der Waals surface area (Å²) in [4.78, 5) is 19.0. The Morgan fingerprint density at radius 3 is 2.56 bits per heavy atom. The van der Waals surface area contributed by atoms with Gasteiger partial charge in [0.05, 0.1) is 18.0 Å². The maximum Gasteiger partial charge on any atom is 0.309 e. The van der Waals surface area contributed by atoms with E-state index in [1.165, 1.54) is 17.7 Å². The summed E-state index contributed by atoms with van der Waals surface area (Å²) >= 11 is 0. The number of anilines is 1. The molecule has 1 aromatic heterocycles. The predicted molar refractivity (Wildman–Crippen MR) is 137 cm³/mol. The predicted octanol–water partition coefficient (Wildman–Crippen LogP) is 5.43. The number of benzene rings is 2. The SMILES string of the molecule is COc1ccc2ncc(C)c(CCCC3(C(=O)O)CCN(CCNc4cc(F)cc(F)c4)CC3)c2c1. The monoisotopic (exact) mass is 497 g/mol. The smallest absolute Gasteiger partial charge is 0.309 e. The van der Waals surface area contributed by atoms with Gasteiger partial charge in [0.25, 0.3) is 0 Å². The largest absolute Gasteiger partial charge is 0.497 e. The van der Waals surface area contributed by atoms with Gasteiger partial charge in [-0.25, -0.2) is 8.78 Å². The number of hydrogen-bond donors (Lipinski definition) is 2. The van der Waals surface area contributed by atoms with Crippen molar-refractivity contribution in [2.45, 2.75) is 39.0 Å². The molecule has 2 N–H and O–H groups in total. The van der Waals surface area contributed by atoms with Gasteiger partial charge < -0.3 is 20.1 Å². The Hall–Kier alpha value is -3.26. The maximum absolute atomic E-state index is 13.4. The molecule has 192 valence electrons. The quantitative estimate of drug-likeness (QED) is 0.389. The number of methoxy groups -OCH3 is 1. The van der Waals surface area contributed by atoms with Crippen LogP contribution in [-0.4, -0.2) is 54.2 Å². The van der Waals surface area contributed by atoms with Gasteiger partial charge in [-0.1, -0.05) is 0 Å². The molecule has 3 aromatic rings. The highest BCUT2D eigenvalue weighted by atomic mass is 19.1. The van der Waals surface area contributed by atoms with Crippen molar-refractivity contribution in [3.05, 3.63) is 65.4 Å². The van der Waals surface area contributed by atoms with Crippen molar-refractivity contribution in [1.82, 2.24) is 9.88 Å². The average molecular weight is 498 g/mol. The first-order valence-corrected chi connectivity index (χ1v) is 12.4. The van der Waals surface area contributed by atoms with Crippen LogP contribution in [0.3, 0.4) is 0 Å². The molecular weight excluding hydrogens is 464 g/mol. The third kappa shape index (κ3) is 5.93.